The predicted molar refractivity (Wildman–Crippen MR) is 125 cm³/mol. The van der Waals surface area contributed by atoms with E-state index in [0.717, 1.165) is 40.2 Å². The Hall–Kier alpha value is -3.37. The first-order valence-electron chi connectivity index (χ1n) is 10.1. The van der Waals surface area contributed by atoms with E-state index in [1.807, 2.05) is 6.92 Å². The van der Waals surface area contributed by atoms with Crippen LogP contribution in [-0.2, 0) is 0 Å². The molecule has 1 aliphatic rings. The fraction of sp³-hybridized carbons (Fsp3) is 0.238. The van der Waals surface area contributed by atoms with Crippen molar-refractivity contribution >= 4 is 56.3 Å². The molecule has 0 saturated carbocycles. The number of amides is 2. The number of halogens is 1. The van der Waals surface area contributed by atoms with E-state index in [9.17, 15) is 4.79 Å². The van der Waals surface area contributed by atoms with Crippen LogP contribution in [0.5, 0.6) is 0 Å². The van der Waals surface area contributed by atoms with Gasteiger partial charge in [-0.05, 0) is 44.2 Å². The molecule has 0 aromatic carbocycles. The summed E-state index contributed by atoms with van der Waals surface area (Å²) >= 11 is 7.85. The Balaban J connectivity index is 1.41. The van der Waals surface area contributed by atoms with Crippen LogP contribution in [0.25, 0.3) is 21.7 Å². The van der Waals surface area contributed by atoms with Crippen molar-refractivity contribution in [1.82, 2.24) is 29.9 Å². The third kappa shape index (κ3) is 4.06. The molecule has 2 amide bonds. The fourth-order valence-electron chi connectivity index (χ4n) is 3.72. The minimum Gasteiger partial charge on any atom is -0.306 e. The number of anilines is 2. The van der Waals surface area contributed by atoms with Crippen molar-refractivity contribution in [1.29, 1.82) is 0 Å². The smallest absolute Gasteiger partial charge is 0.306 e. The number of carbonyl (C=O) groups is 1. The van der Waals surface area contributed by atoms with E-state index >= 15 is 0 Å². The van der Waals surface area contributed by atoms with Crippen molar-refractivity contribution < 1.29 is 4.79 Å². The zero-order chi connectivity index (χ0) is 22.1. The summed E-state index contributed by atoms with van der Waals surface area (Å²) in [5, 5.41) is 15.0. The summed E-state index contributed by atoms with van der Waals surface area (Å²) in [6.45, 7) is 1.96. The van der Waals surface area contributed by atoms with Crippen molar-refractivity contribution in [3.8, 4) is 5.82 Å². The van der Waals surface area contributed by atoms with Crippen molar-refractivity contribution in [2.75, 3.05) is 10.6 Å². The molecule has 0 unspecified atom stereocenters. The quantitative estimate of drug-likeness (QED) is 0.426. The zero-order valence-corrected chi connectivity index (χ0v) is 18.7. The number of aromatic nitrogens is 6. The van der Waals surface area contributed by atoms with Gasteiger partial charge in [0.25, 0.3) is 0 Å². The maximum absolute atomic E-state index is 12.8. The van der Waals surface area contributed by atoms with E-state index in [-0.39, 0.29) is 0 Å². The second kappa shape index (κ2) is 8.64. The highest BCUT2D eigenvalue weighted by Crippen LogP contribution is 2.37. The van der Waals surface area contributed by atoms with Crippen LogP contribution in [0.15, 0.2) is 36.9 Å². The number of fused-ring (bicyclic) bond motifs is 1. The van der Waals surface area contributed by atoms with Crippen LogP contribution in [0.1, 0.15) is 36.3 Å². The summed E-state index contributed by atoms with van der Waals surface area (Å²) in [5.41, 5.74) is 4.06. The third-order valence-electron chi connectivity index (χ3n) is 5.08. The van der Waals surface area contributed by atoms with Crippen molar-refractivity contribution in [3.05, 3.63) is 52.5 Å². The van der Waals surface area contributed by atoms with Crippen LogP contribution in [0, 0.1) is 6.92 Å². The number of urea groups is 1. The Labute approximate surface area is 192 Å². The van der Waals surface area contributed by atoms with Gasteiger partial charge in [-0.15, -0.1) is 4.80 Å². The maximum Gasteiger partial charge on any atom is 0.323 e. The second-order valence-corrected chi connectivity index (χ2v) is 8.92. The standard InChI is InChI=1S/C21H19ClN8OS/c1-12-27-18-17(13-5-3-2-4-6-13)16(11-24-20(18)32-12)29-21(31)28-14-9-15(22)19(23-10-14)30-25-7-8-26-30/h5,7-11H,2-4,6H2,1H3,(H2,28,29,31). The van der Waals surface area contributed by atoms with Gasteiger partial charge in [0.15, 0.2) is 5.82 Å². The Kier molecular flexibility index (Phi) is 5.54. The van der Waals surface area contributed by atoms with Gasteiger partial charge in [0.2, 0.25) is 0 Å². The SMILES string of the molecule is Cc1nc2c(C3=CCCCC3)c(NC(=O)Nc3cnc(-n4nccn4)c(Cl)c3)cnc2s1. The highest BCUT2D eigenvalue weighted by molar-refractivity contribution is 7.18. The second-order valence-electron chi connectivity index (χ2n) is 7.34. The lowest BCUT2D eigenvalue weighted by molar-refractivity contribution is 0.262. The summed E-state index contributed by atoms with van der Waals surface area (Å²) in [6, 6.07) is 1.18. The molecule has 0 atom stereocenters. The van der Waals surface area contributed by atoms with Gasteiger partial charge < -0.3 is 10.6 Å². The average Bonchev–Trinajstić information content (AvgIpc) is 3.43. The predicted octanol–water partition coefficient (Wildman–Crippen LogP) is 5.23. The fourth-order valence-corrected chi connectivity index (χ4v) is 4.73. The monoisotopic (exact) mass is 466 g/mol. The average molecular weight is 467 g/mol. The molecule has 2 N–H and O–H groups in total. The topological polar surface area (TPSA) is 111 Å². The number of pyridine rings is 2. The van der Waals surface area contributed by atoms with Crippen LogP contribution in [0.3, 0.4) is 0 Å². The number of hydrogen-bond acceptors (Lipinski definition) is 7. The van der Waals surface area contributed by atoms with Gasteiger partial charge in [-0.2, -0.15) is 10.2 Å². The van der Waals surface area contributed by atoms with Gasteiger partial charge in [0, 0.05) is 5.56 Å². The van der Waals surface area contributed by atoms with Gasteiger partial charge in [-0.1, -0.05) is 29.0 Å². The van der Waals surface area contributed by atoms with E-state index in [1.165, 1.54) is 35.4 Å². The first-order chi connectivity index (χ1) is 15.6. The first kappa shape index (κ1) is 20.5. The minimum atomic E-state index is -0.418. The molecule has 0 fully saturated rings. The molecule has 0 saturated heterocycles. The molecule has 1 aliphatic carbocycles. The summed E-state index contributed by atoms with van der Waals surface area (Å²) in [7, 11) is 0. The minimum absolute atomic E-state index is 0.313. The number of hydrogen-bond donors (Lipinski definition) is 2. The van der Waals surface area contributed by atoms with Gasteiger partial charge in [-0.25, -0.2) is 19.7 Å². The molecule has 5 rings (SSSR count). The van der Waals surface area contributed by atoms with Crippen LogP contribution in [0.4, 0.5) is 16.2 Å². The molecule has 0 radical (unpaired) electrons. The van der Waals surface area contributed by atoms with Gasteiger partial charge in [-0.3, -0.25) is 0 Å². The largest absolute Gasteiger partial charge is 0.323 e. The number of rotatable bonds is 4. The molecular formula is C21H19ClN8OS. The van der Waals surface area contributed by atoms with Crippen molar-refractivity contribution in [3.63, 3.8) is 0 Å². The normalized spacial score (nSPS) is 13.8. The molecule has 32 heavy (non-hydrogen) atoms. The highest BCUT2D eigenvalue weighted by atomic mass is 35.5. The van der Waals surface area contributed by atoms with Crippen LogP contribution >= 0.6 is 22.9 Å². The van der Waals surface area contributed by atoms with Crippen LogP contribution in [0.2, 0.25) is 5.02 Å². The van der Waals surface area contributed by atoms with E-state index in [2.05, 4.69) is 41.9 Å². The number of thiazole rings is 1. The number of allylic oxidation sites excluding steroid dienone is 2. The van der Waals surface area contributed by atoms with Gasteiger partial charge >= 0.3 is 6.03 Å². The lowest BCUT2D eigenvalue weighted by Gasteiger charge is -2.17. The van der Waals surface area contributed by atoms with Gasteiger partial charge in [0.1, 0.15) is 10.3 Å². The van der Waals surface area contributed by atoms with E-state index in [1.54, 1.807) is 23.6 Å². The molecule has 9 nitrogen and oxygen atoms in total. The zero-order valence-electron chi connectivity index (χ0n) is 17.2. The summed E-state index contributed by atoms with van der Waals surface area (Å²) in [6.07, 6.45) is 12.8. The van der Waals surface area contributed by atoms with Gasteiger partial charge in [0.05, 0.1) is 46.2 Å². The van der Waals surface area contributed by atoms with E-state index in [0.29, 0.717) is 22.2 Å². The van der Waals surface area contributed by atoms with E-state index < -0.39 is 6.03 Å². The molecule has 4 heterocycles. The Morgan fingerprint density at radius 1 is 1.16 bits per heavy atom. The Bertz CT molecular complexity index is 1330. The van der Waals surface area contributed by atoms with E-state index in [4.69, 9.17) is 11.6 Å². The molecular weight excluding hydrogens is 448 g/mol. The summed E-state index contributed by atoms with van der Waals surface area (Å²) in [5.74, 6) is 0.378. The Morgan fingerprint density at radius 3 is 2.75 bits per heavy atom. The van der Waals surface area contributed by atoms with Crippen molar-refractivity contribution in [2.45, 2.75) is 32.6 Å². The van der Waals surface area contributed by atoms with Crippen molar-refractivity contribution in [2.24, 2.45) is 0 Å². The Morgan fingerprint density at radius 2 is 2.00 bits per heavy atom. The maximum atomic E-state index is 12.8. The van der Waals surface area contributed by atoms with Crippen LogP contribution < -0.4 is 10.6 Å². The summed E-state index contributed by atoms with van der Waals surface area (Å²) in [4.78, 5) is 28.4. The number of nitrogens with zero attached hydrogens (tertiary/aromatic N) is 6. The highest BCUT2D eigenvalue weighted by Gasteiger charge is 2.19. The number of carbonyl (C=O) groups excluding carboxylic acids is 1. The molecule has 162 valence electrons. The number of aryl methyl sites for hydroxylation is 1. The molecule has 4 aromatic heterocycles. The summed E-state index contributed by atoms with van der Waals surface area (Å²) < 4.78 is 0. The molecule has 11 heteroatoms. The lowest BCUT2D eigenvalue weighted by Crippen LogP contribution is -2.21. The molecule has 4 aromatic rings. The molecule has 0 bridgehead atoms. The molecule has 0 spiro atoms. The van der Waals surface area contributed by atoms with Crippen LogP contribution in [-0.4, -0.2) is 36.0 Å². The number of nitrogens with one attached hydrogen (secondary N) is 2. The molecule has 0 aliphatic heterocycles. The first-order valence-corrected chi connectivity index (χ1v) is 11.3. The lowest BCUT2D eigenvalue weighted by atomic mass is 9.93. The third-order valence-corrected chi connectivity index (χ3v) is 6.24.